The standard InChI is InChI=1S/C25H30ClN6O3P.Cs/c1-36(2,34)23-6-4-3-5-20(23)29-24-19(26)14-27-25(30-24)28-17-7-8-21-22(13-17)35-16-18-15-31(11-12-33)9-10-32(18)21;/h3-8,13-14,18,33H,9-12,15-16H2,1-2H3,(H2,27,28,29,30);/q;+1/p+1. The number of para-hydroxylation sites is 1. The molecule has 0 aliphatic carbocycles. The molecule has 2 aromatic carbocycles. The van der Waals surface area contributed by atoms with E-state index in [-0.39, 0.29) is 75.5 Å². The fraction of sp³-hybridized carbons (Fsp3) is 0.360. The molecule has 190 valence electrons. The largest absolute Gasteiger partial charge is 1.00 e. The monoisotopic (exact) mass is 662 g/mol. The van der Waals surface area contributed by atoms with Crippen LogP contribution in [0, 0.1) is 0 Å². The van der Waals surface area contributed by atoms with Gasteiger partial charge in [-0.05, 0) is 31.5 Å². The van der Waals surface area contributed by atoms with Gasteiger partial charge in [0.05, 0.1) is 31.6 Å². The summed E-state index contributed by atoms with van der Waals surface area (Å²) in [7, 11) is -2.50. The van der Waals surface area contributed by atoms with E-state index in [2.05, 4.69) is 31.6 Å². The number of anilines is 4. The van der Waals surface area contributed by atoms with E-state index < -0.39 is 7.14 Å². The fourth-order valence-corrected chi connectivity index (χ4v) is 6.14. The summed E-state index contributed by atoms with van der Waals surface area (Å²) in [6, 6.07) is 13.9. The molecule has 3 aromatic rings. The Bertz CT molecular complexity index is 1310. The topological polar surface area (TPSA) is 104 Å². The minimum atomic E-state index is -2.50. The van der Waals surface area contributed by atoms with E-state index >= 15 is 0 Å². The summed E-state index contributed by atoms with van der Waals surface area (Å²) in [5.74, 6) is 1.66. The van der Waals surface area contributed by atoms with Gasteiger partial charge in [0.15, 0.2) is 17.3 Å². The van der Waals surface area contributed by atoms with E-state index in [9.17, 15) is 9.67 Å². The fourth-order valence-electron chi connectivity index (χ4n) is 4.84. The van der Waals surface area contributed by atoms with Gasteiger partial charge in [-0.15, -0.1) is 0 Å². The van der Waals surface area contributed by atoms with Gasteiger partial charge in [0.25, 0.3) is 0 Å². The van der Waals surface area contributed by atoms with Crippen LogP contribution in [0.4, 0.5) is 28.8 Å². The number of β-amino-alcohol motifs (C(OH)–C–C–N with tert-alkyl or cyclic N) is 1. The molecule has 4 N–H and O–H groups in total. The van der Waals surface area contributed by atoms with Crippen LogP contribution in [0.3, 0.4) is 0 Å². The quantitative estimate of drug-likeness (QED) is 0.250. The molecule has 9 nitrogen and oxygen atoms in total. The van der Waals surface area contributed by atoms with Crippen LogP contribution in [-0.4, -0.2) is 78.7 Å². The van der Waals surface area contributed by atoms with Crippen molar-refractivity contribution in [3.05, 3.63) is 53.7 Å². The maximum atomic E-state index is 12.7. The summed E-state index contributed by atoms with van der Waals surface area (Å²) in [5.41, 5.74) is 2.67. The van der Waals surface area contributed by atoms with Crippen LogP contribution in [0.15, 0.2) is 48.7 Å². The van der Waals surface area contributed by atoms with Crippen molar-refractivity contribution in [2.75, 3.05) is 63.4 Å². The van der Waals surface area contributed by atoms with Crippen molar-refractivity contribution in [2.45, 2.75) is 6.04 Å². The number of rotatable bonds is 7. The van der Waals surface area contributed by atoms with Crippen LogP contribution in [0.2, 0.25) is 5.02 Å². The van der Waals surface area contributed by atoms with Crippen molar-refractivity contribution in [3.63, 3.8) is 0 Å². The number of ether oxygens (including phenoxy) is 1. The third-order valence-electron chi connectivity index (χ3n) is 6.59. The number of aromatic nitrogens is 2. The summed E-state index contributed by atoms with van der Waals surface area (Å²) < 4.78 is 18.8. The second-order valence-corrected chi connectivity index (χ2v) is 13.1. The zero-order valence-corrected chi connectivity index (χ0v) is 29.3. The van der Waals surface area contributed by atoms with Crippen molar-refractivity contribution in [3.8, 4) is 5.75 Å². The molecule has 1 saturated heterocycles. The molecule has 2 aliphatic heterocycles. The number of halogens is 1. The minimum Gasteiger partial charge on any atom is -0.481 e. The van der Waals surface area contributed by atoms with Gasteiger partial charge in [0.2, 0.25) is 5.95 Å². The number of quaternary nitrogens is 1. The Kier molecular flexibility index (Phi) is 10.1. The zero-order valence-electron chi connectivity index (χ0n) is 21.4. The Morgan fingerprint density at radius 2 is 2.05 bits per heavy atom. The summed E-state index contributed by atoms with van der Waals surface area (Å²) >= 11 is 6.38. The second-order valence-electron chi connectivity index (χ2n) is 9.53. The van der Waals surface area contributed by atoms with Gasteiger partial charge in [0, 0.05) is 36.2 Å². The van der Waals surface area contributed by atoms with Gasteiger partial charge >= 0.3 is 68.9 Å². The Morgan fingerprint density at radius 3 is 2.84 bits per heavy atom. The minimum absolute atomic E-state index is 0. The predicted octanol–water partition coefficient (Wildman–Crippen LogP) is -0.545. The molecular formula is C25H31ClCsN6O3P+2. The van der Waals surface area contributed by atoms with E-state index in [0.29, 0.717) is 41.7 Å². The molecule has 0 spiro atoms. The first-order valence-corrected chi connectivity index (χ1v) is 15.0. The summed E-state index contributed by atoms with van der Waals surface area (Å²) in [5, 5.41) is 16.8. The number of nitrogens with zero attached hydrogens (tertiary/aromatic N) is 3. The number of piperazine rings is 1. The first-order valence-electron chi connectivity index (χ1n) is 12.0. The Hall–Kier alpha value is -0.628. The summed E-state index contributed by atoms with van der Waals surface area (Å²) in [4.78, 5) is 12.6. The number of hydrogen-bond donors (Lipinski definition) is 4. The van der Waals surface area contributed by atoms with Gasteiger partial charge < -0.3 is 25.0 Å². The predicted molar refractivity (Wildman–Crippen MR) is 144 cm³/mol. The molecule has 2 aliphatic rings. The average Bonchev–Trinajstić information content (AvgIpc) is 2.85. The third kappa shape index (κ3) is 6.93. The molecule has 0 saturated carbocycles. The van der Waals surface area contributed by atoms with Gasteiger partial charge in [-0.25, -0.2) is 4.98 Å². The van der Waals surface area contributed by atoms with Crippen LogP contribution >= 0.6 is 18.7 Å². The van der Waals surface area contributed by atoms with Crippen molar-refractivity contribution in [2.24, 2.45) is 0 Å². The zero-order chi connectivity index (χ0) is 25.3. The summed E-state index contributed by atoms with van der Waals surface area (Å²) in [6.45, 7) is 7.85. The molecule has 37 heavy (non-hydrogen) atoms. The van der Waals surface area contributed by atoms with Crippen LogP contribution in [0.25, 0.3) is 0 Å². The molecule has 2 atom stereocenters. The molecule has 3 heterocycles. The first kappa shape index (κ1) is 29.4. The van der Waals surface area contributed by atoms with Crippen molar-refractivity contribution >= 4 is 52.9 Å². The van der Waals surface area contributed by atoms with E-state index in [4.69, 9.17) is 16.3 Å². The average molecular weight is 663 g/mol. The number of aliphatic hydroxyl groups is 1. The number of hydrogen-bond acceptors (Lipinski definition) is 8. The molecule has 5 rings (SSSR count). The Labute approximate surface area is 281 Å². The van der Waals surface area contributed by atoms with Gasteiger partial charge in [-0.1, -0.05) is 23.7 Å². The number of nitrogens with one attached hydrogen (secondary N) is 3. The Balaban J connectivity index is 0.00000320. The van der Waals surface area contributed by atoms with E-state index in [1.165, 1.54) is 11.1 Å². The molecule has 2 unspecified atom stereocenters. The normalized spacial score (nSPS) is 19.1. The van der Waals surface area contributed by atoms with Crippen molar-refractivity contribution in [1.29, 1.82) is 0 Å². The first-order chi connectivity index (χ1) is 17.3. The van der Waals surface area contributed by atoms with E-state index in [1.807, 2.05) is 36.4 Å². The number of fused-ring (bicyclic) bond motifs is 3. The molecule has 0 radical (unpaired) electrons. The third-order valence-corrected chi connectivity index (χ3v) is 8.42. The van der Waals surface area contributed by atoms with E-state index in [0.717, 1.165) is 42.1 Å². The van der Waals surface area contributed by atoms with Crippen molar-refractivity contribution in [1.82, 2.24) is 14.9 Å². The smallest absolute Gasteiger partial charge is 0.481 e. The molecule has 12 heteroatoms. The van der Waals surface area contributed by atoms with Gasteiger partial charge in [-0.2, -0.15) is 4.98 Å². The Morgan fingerprint density at radius 1 is 1.24 bits per heavy atom. The van der Waals surface area contributed by atoms with Gasteiger partial charge in [-0.3, -0.25) is 9.80 Å². The molecule has 0 bridgehead atoms. The molecular weight excluding hydrogens is 632 g/mol. The molecule has 1 fully saturated rings. The molecule has 0 amide bonds. The van der Waals surface area contributed by atoms with Crippen LogP contribution in [0.5, 0.6) is 5.75 Å². The SMILES string of the molecule is CP(C)(=O)c1ccccc1Nc1nc(Nc2ccc3c(c2)OCC2CN(CCO)CC[NH+]32)ncc1Cl.[Cs+]. The summed E-state index contributed by atoms with van der Waals surface area (Å²) in [6.07, 6.45) is 1.54. The van der Waals surface area contributed by atoms with Crippen molar-refractivity contribution < 1.29 is 88.2 Å². The van der Waals surface area contributed by atoms with Crippen LogP contribution in [-0.2, 0) is 4.57 Å². The van der Waals surface area contributed by atoms with Gasteiger partial charge in [0.1, 0.15) is 24.8 Å². The maximum absolute atomic E-state index is 12.7. The maximum Gasteiger partial charge on any atom is 1.00 e. The number of aliphatic hydroxyl groups excluding tert-OH is 1. The van der Waals surface area contributed by atoms with Crippen LogP contribution in [0.1, 0.15) is 0 Å². The second kappa shape index (κ2) is 12.7. The van der Waals surface area contributed by atoms with Crippen LogP contribution < -0.4 is 94.5 Å². The van der Waals surface area contributed by atoms with E-state index in [1.54, 1.807) is 13.3 Å². The number of benzene rings is 2. The molecule has 1 aromatic heterocycles.